The quantitative estimate of drug-likeness (QED) is 0.588. The van der Waals surface area contributed by atoms with E-state index in [1.54, 1.807) is 24.3 Å². The number of carbonyl (C=O) groups is 1. The molecule has 0 amide bonds. The van der Waals surface area contributed by atoms with Gasteiger partial charge in [-0.2, -0.15) is 0 Å². The van der Waals surface area contributed by atoms with Gasteiger partial charge in [0.15, 0.2) is 5.11 Å². The number of hydrogen-bond acceptors (Lipinski definition) is 4. The maximum Gasteiger partial charge on any atom is 0.337 e. The normalized spacial score (nSPS) is 18.6. The number of benzene rings is 2. The minimum atomic E-state index is -0.510. The molecule has 0 saturated carbocycles. The van der Waals surface area contributed by atoms with E-state index in [1.165, 1.54) is 7.11 Å². The molecule has 0 aromatic heterocycles. The summed E-state index contributed by atoms with van der Waals surface area (Å²) in [6.07, 6.45) is 0.105. The molecule has 0 bridgehead atoms. The zero-order chi connectivity index (χ0) is 17.1. The number of thiocarbonyl (C=S) groups is 1. The van der Waals surface area contributed by atoms with Gasteiger partial charge in [-0.15, -0.1) is 0 Å². The number of rotatable bonds is 3. The smallest absolute Gasteiger partial charge is 0.337 e. The first kappa shape index (κ1) is 16.4. The molecule has 1 aliphatic rings. The van der Waals surface area contributed by atoms with Crippen molar-refractivity contribution in [2.75, 3.05) is 12.4 Å². The molecule has 3 rings (SSSR count). The van der Waals surface area contributed by atoms with Crippen molar-refractivity contribution in [3.8, 4) is 0 Å². The van der Waals surface area contributed by atoms with Gasteiger partial charge in [-0.25, -0.2) is 4.79 Å². The highest BCUT2D eigenvalue weighted by Crippen LogP contribution is 2.31. The highest BCUT2D eigenvalue weighted by Gasteiger charge is 2.31. The molecule has 124 valence electrons. The Morgan fingerprint density at radius 3 is 2.62 bits per heavy atom. The van der Waals surface area contributed by atoms with E-state index in [1.807, 2.05) is 24.3 Å². The second kappa shape index (κ2) is 6.98. The van der Waals surface area contributed by atoms with Crippen molar-refractivity contribution in [3.63, 3.8) is 0 Å². The highest BCUT2D eigenvalue weighted by atomic mass is 32.1. The Kier molecular flexibility index (Phi) is 4.78. The van der Waals surface area contributed by atoms with E-state index in [0.29, 0.717) is 17.1 Å². The maximum absolute atomic E-state index is 11.4. The average Bonchev–Trinajstić information content (AvgIpc) is 2.90. The van der Waals surface area contributed by atoms with Crippen LogP contribution in [0.5, 0.6) is 0 Å². The van der Waals surface area contributed by atoms with E-state index in [0.717, 1.165) is 16.8 Å². The molecule has 2 aromatic carbocycles. The molecular weight excluding hydrogens is 324 g/mol. The number of aliphatic hydroxyl groups excluding tert-OH is 1. The van der Waals surface area contributed by atoms with Crippen molar-refractivity contribution in [3.05, 3.63) is 65.2 Å². The van der Waals surface area contributed by atoms with E-state index in [4.69, 9.17) is 12.2 Å². The number of carbonyl (C=O) groups excluding carboxylic acids is 1. The largest absolute Gasteiger partial charge is 0.465 e. The standard InChI is InChI=1S/C18H18N2O3S/c1-23-17(22)11-6-8-13(9-7-11)19-18(24)20-16-14-5-3-2-4-12(14)10-15(16)21/h2-9,15-16,21H,10H2,1H3,(H2,19,20,24). The Labute approximate surface area is 145 Å². The van der Waals surface area contributed by atoms with Crippen LogP contribution in [0.3, 0.4) is 0 Å². The second-order valence-electron chi connectivity index (χ2n) is 5.62. The molecule has 0 spiro atoms. The average molecular weight is 342 g/mol. The van der Waals surface area contributed by atoms with Gasteiger partial charge in [0.25, 0.3) is 0 Å². The molecule has 0 heterocycles. The molecule has 0 saturated heterocycles. The molecule has 1 aliphatic carbocycles. The summed E-state index contributed by atoms with van der Waals surface area (Å²) < 4.78 is 4.67. The predicted octanol–water partition coefficient (Wildman–Crippen LogP) is 2.42. The van der Waals surface area contributed by atoms with Gasteiger partial charge >= 0.3 is 5.97 Å². The van der Waals surface area contributed by atoms with E-state index in [-0.39, 0.29) is 12.0 Å². The fourth-order valence-electron chi connectivity index (χ4n) is 2.86. The number of methoxy groups -OCH3 is 1. The SMILES string of the molecule is COC(=O)c1ccc(NC(=S)NC2c3ccccc3CC2O)cc1. The van der Waals surface area contributed by atoms with Crippen LogP contribution in [0.4, 0.5) is 5.69 Å². The number of hydrogen-bond donors (Lipinski definition) is 3. The third-order valence-electron chi connectivity index (χ3n) is 4.05. The molecule has 5 nitrogen and oxygen atoms in total. The van der Waals surface area contributed by atoms with Crippen molar-refractivity contribution in [1.82, 2.24) is 5.32 Å². The number of anilines is 1. The van der Waals surface area contributed by atoms with Gasteiger partial charge in [-0.1, -0.05) is 24.3 Å². The van der Waals surface area contributed by atoms with E-state index < -0.39 is 6.10 Å². The Bertz CT molecular complexity index is 761. The van der Waals surface area contributed by atoms with Gasteiger partial charge in [0.2, 0.25) is 0 Å². The Hall–Kier alpha value is -2.44. The molecule has 3 N–H and O–H groups in total. The minimum absolute atomic E-state index is 0.226. The van der Waals surface area contributed by atoms with Crippen molar-refractivity contribution in [1.29, 1.82) is 0 Å². The van der Waals surface area contributed by atoms with Crippen LogP contribution in [0.1, 0.15) is 27.5 Å². The molecule has 0 radical (unpaired) electrons. The molecule has 2 atom stereocenters. The van der Waals surface area contributed by atoms with Crippen molar-refractivity contribution in [2.45, 2.75) is 18.6 Å². The first-order valence-electron chi connectivity index (χ1n) is 7.60. The Balaban J connectivity index is 1.65. The number of esters is 1. The molecule has 24 heavy (non-hydrogen) atoms. The third-order valence-corrected chi connectivity index (χ3v) is 4.27. The summed E-state index contributed by atoms with van der Waals surface area (Å²) in [6.45, 7) is 0. The van der Waals surface area contributed by atoms with Crippen LogP contribution in [0.2, 0.25) is 0 Å². The van der Waals surface area contributed by atoms with Crippen LogP contribution in [0, 0.1) is 0 Å². The molecule has 2 unspecified atom stereocenters. The predicted molar refractivity (Wildman–Crippen MR) is 96.0 cm³/mol. The van der Waals surface area contributed by atoms with Gasteiger partial charge in [0.05, 0.1) is 24.8 Å². The van der Waals surface area contributed by atoms with Gasteiger partial charge < -0.3 is 20.5 Å². The van der Waals surface area contributed by atoms with Crippen LogP contribution >= 0.6 is 12.2 Å². The summed E-state index contributed by atoms with van der Waals surface area (Å²) in [4.78, 5) is 11.4. The topological polar surface area (TPSA) is 70.6 Å². The van der Waals surface area contributed by atoms with E-state index in [2.05, 4.69) is 15.4 Å². The summed E-state index contributed by atoms with van der Waals surface area (Å²) in [5.74, 6) is -0.382. The van der Waals surface area contributed by atoms with Crippen LogP contribution < -0.4 is 10.6 Å². The van der Waals surface area contributed by atoms with Crippen LogP contribution in [0.15, 0.2) is 48.5 Å². The molecule has 0 aliphatic heterocycles. The monoisotopic (exact) mass is 342 g/mol. The van der Waals surface area contributed by atoms with Crippen molar-refractivity contribution < 1.29 is 14.6 Å². The number of fused-ring (bicyclic) bond motifs is 1. The van der Waals surface area contributed by atoms with Crippen LogP contribution in [0.25, 0.3) is 0 Å². The molecular formula is C18H18N2O3S. The molecule has 2 aromatic rings. The van der Waals surface area contributed by atoms with Crippen LogP contribution in [-0.2, 0) is 11.2 Å². The van der Waals surface area contributed by atoms with E-state index in [9.17, 15) is 9.90 Å². The Morgan fingerprint density at radius 2 is 1.92 bits per heavy atom. The second-order valence-corrected chi connectivity index (χ2v) is 6.02. The number of ether oxygens (including phenoxy) is 1. The summed E-state index contributed by atoms with van der Waals surface area (Å²) >= 11 is 5.34. The van der Waals surface area contributed by atoms with Crippen molar-refractivity contribution in [2.24, 2.45) is 0 Å². The fraction of sp³-hybridized carbons (Fsp3) is 0.222. The summed E-state index contributed by atoms with van der Waals surface area (Å²) in [5.41, 5.74) is 3.42. The Morgan fingerprint density at radius 1 is 1.21 bits per heavy atom. The summed E-state index contributed by atoms with van der Waals surface area (Å²) in [6, 6.07) is 14.5. The van der Waals surface area contributed by atoms with Gasteiger partial charge in [-0.05, 0) is 47.6 Å². The number of nitrogens with one attached hydrogen (secondary N) is 2. The molecule has 0 fully saturated rings. The van der Waals surface area contributed by atoms with Crippen LogP contribution in [-0.4, -0.2) is 29.4 Å². The van der Waals surface area contributed by atoms with Gasteiger partial charge in [-0.3, -0.25) is 0 Å². The fourth-order valence-corrected chi connectivity index (χ4v) is 3.11. The first-order valence-corrected chi connectivity index (χ1v) is 8.01. The van der Waals surface area contributed by atoms with E-state index >= 15 is 0 Å². The third kappa shape index (κ3) is 3.39. The summed E-state index contributed by atoms with van der Waals surface area (Å²) in [5, 5.41) is 16.9. The molecule has 6 heteroatoms. The zero-order valence-electron chi connectivity index (χ0n) is 13.2. The maximum atomic E-state index is 11.4. The first-order chi connectivity index (χ1) is 11.6. The lowest BCUT2D eigenvalue weighted by molar-refractivity contribution is 0.0600. The lowest BCUT2D eigenvalue weighted by Gasteiger charge is -2.20. The van der Waals surface area contributed by atoms with Gasteiger partial charge in [0, 0.05) is 12.1 Å². The lowest BCUT2D eigenvalue weighted by atomic mass is 10.1. The summed E-state index contributed by atoms with van der Waals surface area (Å²) in [7, 11) is 1.35. The number of aliphatic hydroxyl groups is 1. The lowest BCUT2D eigenvalue weighted by Crippen LogP contribution is -2.36. The minimum Gasteiger partial charge on any atom is -0.465 e. The van der Waals surface area contributed by atoms with Crippen molar-refractivity contribution >= 4 is 29.0 Å². The zero-order valence-corrected chi connectivity index (χ0v) is 14.0. The highest BCUT2D eigenvalue weighted by molar-refractivity contribution is 7.80. The van der Waals surface area contributed by atoms with Gasteiger partial charge in [0.1, 0.15) is 0 Å².